The van der Waals surface area contributed by atoms with Crippen LogP contribution in [0, 0.1) is 5.41 Å². The third kappa shape index (κ3) is 0.644. The summed E-state index contributed by atoms with van der Waals surface area (Å²) in [5.41, 5.74) is 0.431. The van der Waals surface area contributed by atoms with E-state index in [9.17, 15) is 5.11 Å². The largest absolute Gasteiger partial charge is 0.393 e. The van der Waals surface area contributed by atoms with Crippen molar-refractivity contribution in [3.8, 4) is 0 Å². The van der Waals surface area contributed by atoms with Crippen LogP contribution in [-0.2, 0) is 0 Å². The van der Waals surface area contributed by atoms with Gasteiger partial charge in [-0.25, -0.2) is 0 Å². The molecule has 1 N–H and O–H groups in total. The summed E-state index contributed by atoms with van der Waals surface area (Å²) in [6, 6.07) is 0. The molecule has 0 aromatic rings. The molecule has 0 heterocycles. The van der Waals surface area contributed by atoms with E-state index in [0.717, 1.165) is 6.42 Å². The monoisotopic (exact) mass is 126 g/mol. The molecule has 2 aliphatic carbocycles. The Labute approximate surface area is 56.1 Å². The standard InChI is InChI=1S/C8H14O/c9-7-3-6-8(7)4-1-2-5-8/h7,9H,1-6H2/t7-/m1/s1. The van der Waals surface area contributed by atoms with Crippen LogP contribution in [-0.4, -0.2) is 11.2 Å². The number of aliphatic hydroxyl groups excluding tert-OH is 1. The first-order valence-electron chi connectivity index (χ1n) is 4.02. The molecule has 2 fully saturated rings. The molecule has 0 aromatic heterocycles. The van der Waals surface area contributed by atoms with Crippen molar-refractivity contribution in [3.63, 3.8) is 0 Å². The minimum atomic E-state index is 0.0694. The number of aliphatic hydroxyl groups is 1. The van der Waals surface area contributed by atoms with Gasteiger partial charge in [-0.1, -0.05) is 12.8 Å². The highest BCUT2D eigenvalue weighted by Crippen LogP contribution is 2.52. The zero-order valence-electron chi connectivity index (χ0n) is 5.77. The third-order valence-corrected chi connectivity index (χ3v) is 3.22. The Hall–Kier alpha value is -0.0400. The van der Waals surface area contributed by atoms with E-state index in [0.29, 0.717) is 5.41 Å². The lowest BCUT2D eigenvalue weighted by molar-refractivity contribution is -0.0597. The maximum atomic E-state index is 9.40. The van der Waals surface area contributed by atoms with Crippen LogP contribution in [0.3, 0.4) is 0 Å². The predicted molar refractivity (Wildman–Crippen MR) is 36.1 cm³/mol. The lowest BCUT2D eigenvalue weighted by Gasteiger charge is -2.43. The molecule has 0 radical (unpaired) electrons. The maximum absolute atomic E-state index is 9.40. The van der Waals surface area contributed by atoms with E-state index in [1.165, 1.54) is 32.1 Å². The van der Waals surface area contributed by atoms with Crippen molar-refractivity contribution in [2.45, 2.75) is 44.6 Å². The van der Waals surface area contributed by atoms with Gasteiger partial charge in [-0.2, -0.15) is 0 Å². The van der Waals surface area contributed by atoms with Gasteiger partial charge in [0.1, 0.15) is 0 Å². The Kier molecular flexibility index (Phi) is 1.10. The van der Waals surface area contributed by atoms with Crippen molar-refractivity contribution >= 4 is 0 Å². The van der Waals surface area contributed by atoms with Gasteiger partial charge in [-0.3, -0.25) is 0 Å². The highest BCUT2D eigenvalue weighted by atomic mass is 16.3. The average Bonchev–Trinajstić information content (AvgIpc) is 2.34. The van der Waals surface area contributed by atoms with E-state index in [1.807, 2.05) is 0 Å². The third-order valence-electron chi connectivity index (χ3n) is 3.22. The van der Waals surface area contributed by atoms with Gasteiger partial charge in [0, 0.05) is 0 Å². The Morgan fingerprint density at radius 1 is 1.11 bits per heavy atom. The van der Waals surface area contributed by atoms with E-state index in [2.05, 4.69) is 0 Å². The van der Waals surface area contributed by atoms with Crippen LogP contribution in [0.15, 0.2) is 0 Å². The highest BCUT2D eigenvalue weighted by molar-refractivity contribution is 4.98. The molecule has 0 amide bonds. The lowest BCUT2D eigenvalue weighted by Crippen LogP contribution is -2.42. The second-order valence-corrected chi connectivity index (χ2v) is 3.62. The average molecular weight is 126 g/mol. The van der Waals surface area contributed by atoms with E-state index in [-0.39, 0.29) is 6.10 Å². The topological polar surface area (TPSA) is 20.2 Å². The first-order valence-corrected chi connectivity index (χ1v) is 4.02. The van der Waals surface area contributed by atoms with E-state index in [4.69, 9.17) is 0 Å². The van der Waals surface area contributed by atoms with Crippen LogP contribution in [0.2, 0.25) is 0 Å². The first kappa shape index (κ1) is 5.72. The zero-order valence-corrected chi connectivity index (χ0v) is 5.77. The fraction of sp³-hybridized carbons (Fsp3) is 1.00. The van der Waals surface area contributed by atoms with Crippen molar-refractivity contribution in [2.24, 2.45) is 5.41 Å². The minimum Gasteiger partial charge on any atom is -0.393 e. The summed E-state index contributed by atoms with van der Waals surface area (Å²) in [4.78, 5) is 0. The normalized spacial score (nSPS) is 39.0. The molecule has 9 heavy (non-hydrogen) atoms. The molecular formula is C8H14O. The van der Waals surface area contributed by atoms with Gasteiger partial charge in [-0.05, 0) is 31.1 Å². The van der Waals surface area contributed by atoms with Crippen molar-refractivity contribution < 1.29 is 5.11 Å². The van der Waals surface area contributed by atoms with Gasteiger partial charge in [-0.15, -0.1) is 0 Å². The van der Waals surface area contributed by atoms with Crippen LogP contribution >= 0.6 is 0 Å². The maximum Gasteiger partial charge on any atom is 0.0596 e. The van der Waals surface area contributed by atoms with Crippen LogP contribution in [0.5, 0.6) is 0 Å². The molecule has 2 saturated carbocycles. The summed E-state index contributed by atoms with van der Waals surface area (Å²) in [5.74, 6) is 0. The zero-order chi connectivity index (χ0) is 6.32. The predicted octanol–water partition coefficient (Wildman–Crippen LogP) is 1.70. The molecule has 0 saturated heterocycles. The van der Waals surface area contributed by atoms with Crippen molar-refractivity contribution in [1.29, 1.82) is 0 Å². The molecular weight excluding hydrogens is 112 g/mol. The highest BCUT2D eigenvalue weighted by Gasteiger charge is 2.46. The second kappa shape index (κ2) is 1.72. The fourth-order valence-electron chi connectivity index (χ4n) is 2.34. The van der Waals surface area contributed by atoms with Crippen LogP contribution < -0.4 is 0 Å². The fourth-order valence-corrected chi connectivity index (χ4v) is 2.34. The molecule has 1 spiro atoms. The molecule has 52 valence electrons. The van der Waals surface area contributed by atoms with E-state index in [1.54, 1.807) is 0 Å². The van der Waals surface area contributed by atoms with E-state index >= 15 is 0 Å². The molecule has 0 bridgehead atoms. The van der Waals surface area contributed by atoms with Gasteiger partial charge >= 0.3 is 0 Å². The second-order valence-electron chi connectivity index (χ2n) is 3.62. The van der Waals surface area contributed by atoms with Gasteiger partial charge < -0.3 is 5.11 Å². The number of rotatable bonds is 0. The Morgan fingerprint density at radius 3 is 2.00 bits per heavy atom. The summed E-state index contributed by atoms with van der Waals surface area (Å²) in [6.07, 6.45) is 7.75. The van der Waals surface area contributed by atoms with Gasteiger partial charge in [0.15, 0.2) is 0 Å². The summed E-state index contributed by atoms with van der Waals surface area (Å²) in [5, 5.41) is 9.40. The summed E-state index contributed by atoms with van der Waals surface area (Å²) < 4.78 is 0. The summed E-state index contributed by atoms with van der Waals surface area (Å²) >= 11 is 0. The lowest BCUT2D eigenvalue weighted by atomic mass is 9.65. The Morgan fingerprint density at radius 2 is 1.78 bits per heavy atom. The quantitative estimate of drug-likeness (QED) is 0.523. The van der Waals surface area contributed by atoms with Crippen LogP contribution in [0.25, 0.3) is 0 Å². The Bertz CT molecular complexity index is 114. The van der Waals surface area contributed by atoms with Crippen molar-refractivity contribution in [1.82, 2.24) is 0 Å². The SMILES string of the molecule is O[C@@H]1CCC12CCCC2. The van der Waals surface area contributed by atoms with Gasteiger partial charge in [0.2, 0.25) is 0 Å². The first-order chi connectivity index (χ1) is 4.33. The van der Waals surface area contributed by atoms with Crippen molar-refractivity contribution in [3.05, 3.63) is 0 Å². The molecule has 0 aromatic carbocycles. The van der Waals surface area contributed by atoms with Crippen molar-refractivity contribution in [2.75, 3.05) is 0 Å². The molecule has 2 rings (SSSR count). The molecule has 1 nitrogen and oxygen atoms in total. The molecule has 1 atom stereocenters. The summed E-state index contributed by atoms with van der Waals surface area (Å²) in [7, 11) is 0. The van der Waals surface area contributed by atoms with Crippen LogP contribution in [0.1, 0.15) is 38.5 Å². The van der Waals surface area contributed by atoms with Gasteiger partial charge in [0.05, 0.1) is 6.10 Å². The number of hydrogen-bond donors (Lipinski definition) is 1. The molecule has 1 heteroatoms. The minimum absolute atomic E-state index is 0.0694. The molecule has 2 aliphatic rings. The van der Waals surface area contributed by atoms with Crippen LogP contribution in [0.4, 0.5) is 0 Å². The molecule has 0 unspecified atom stereocenters. The summed E-state index contributed by atoms with van der Waals surface area (Å²) in [6.45, 7) is 0. The van der Waals surface area contributed by atoms with Gasteiger partial charge in [0.25, 0.3) is 0 Å². The Balaban J connectivity index is 2.06. The molecule has 0 aliphatic heterocycles. The number of hydrogen-bond acceptors (Lipinski definition) is 1. The van der Waals surface area contributed by atoms with E-state index < -0.39 is 0 Å². The smallest absolute Gasteiger partial charge is 0.0596 e.